The van der Waals surface area contributed by atoms with E-state index in [1.54, 1.807) is 59.4 Å². The summed E-state index contributed by atoms with van der Waals surface area (Å²) in [6.07, 6.45) is 1.58. The van der Waals surface area contributed by atoms with Gasteiger partial charge in [-0.1, -0.05) is 53.2 Å². The predicted octanol–water partition coefficient (Wildman–Crippen LogP) is 3.69. The van der Waals surface area contributed by atoms with Crippen LogP contribution < -0.4 is 10.0 Å². The van der Waals surface area contributed by atoms with Gasteiger partial charge in [0.25, 0.3) is 15.9 Å². The first-order valence-electron chi connectivity index (χ1n) is 9.84. The Bertz CT molecular complexity index is 1320. The van der Waals surface area contributed by atoms with Gasteiger partial charge >= 0.3 is 0 Å². The van der Waals surface area contributed by atoms with Crippen LogP contribution in [0.5, 0.6) is 0 Å². The Balaban J connectivity index is 1.38. The van der Waals surface area contributed by atoms with Crippen molar-refractivity contribution < 1.29 is 13.2 Å². The van der Waals surface area contributed by atoms with Crippen molar-refractivity contribution >= 4 is 27.3 Å². The molecule has 3 aromatic carbocycles. The monoisotopic (exact) mass is 447 g/mol. The molecule has 162 valence electrons. The highest BCUT2D eigenvalue weighted by molar-refractivity contribution is 7.92. The van der Waals surface area contributed by atoms with Gasteiger partial charge in [-0.05, 0) is 48.9 Å². The molecule has 0 aliphatic carbocycles. The van der Waals surface area contributed by atoms with Gasteiger partial charge in [-0.2, -0.15) is 0 Å². The molecule has 1 amide bonds. The lowest BCUT2D eigenvalue weighted by molar-refractivity contribution is 0.102. The predicted molar refractivity (Wildman–Crippen MR) is 122 cm³/mol. The Kier molecular flexibility index (Phi) is 6.00. The van der Waals surface area contributed by atoms with Gasteiger partial charge in [0.1, 0.15) is 0 Å². The van der Waals surface area contributed by atoms with Crippen molar-refractivity contribution in [3.8, 4) is 0 Å². The van der Waals surface area contributed by atoms with Crippen LogP contribution in [0.25, 0.3) is 0 Å². The number of amides is 1. The fourth-order valence-electron chi connectivity index (χ4n) is 3.00. The SMILES string of the molecule is Cc1ccc(S(=O)(=O)Nc2ccc(NC(=O)c3cn(Cc4ccccc4)nn3)cc2)cc1. The molecule has 1 heterocycles. The third-order valence-corrected chi connectivity index (χ3v) is 6.08. The van der Waals surface area contributed by atoms with Crippen molar-refractivity contribution in [2.24, 2.45) is 0 Å². The van der Waals surface area contributed by atoms with E-state index in [0.29, 0.717) is 17.9 Å². The minimum Gasteiger partial charge on any atom is -0.321 e. The molecule has 0 atom stereocenters. The third-order valence-electron chi connectivity index (χ3n) is 4.68. The van der Waals surface area contributed by atoms with Crippen LogP contribution in [0, 0.1) is 6.92 Å². The van der Waals surface area contributed by atoms with Gasteiger partial charge in [-0.15, -0.1) is 5.10 Å². The van der Waals surface area contributed by atoms with Crippen molar-refractivity contribution in [1.82, 2.24) is 15.0 Å². The molecule has 0 aliphatic rings. The van der Waals surface area contributed by atoms with E-state index in [1.165, 1.54) is 0 Å². The molecule has 8 nitrogen and oxygen atoms in total. The smallest absolute Gasteiger partial charge is 0.277 e. The average Bonchev–Trinajstić information content (AvgIpc) is 3.25. The number of anilines is 2. The Morgan fingerprint density at radius 2 is 1.56 bits per heavy atom. The number of hydrogen-bond donors (Lipinski definition) is 2. The van der Waals surface area contributed by atoms with E-state index < -0.39 is 15.9 Å². The Labute approximate surface area is 186 Å². The third kappa shape index (κ3) is 5.19. The number of rotatable bonds is 7. The second kappa shape index (κ2) is 9.03. The molecule has 4 aromatic rings. The quantitative estimate of drug-likeness (QED) is 0.449. The number of benzene rings is 3. The number of carbonyl (C=O) groups is 1. The molecule has 0 saturated carbocycles. The molecule has 9 heteroatoms. The van der Waals surface area contributed by atoms with Crippen LogP contribution in [0.15, 0.2) is 90.0 Å². The number of aryl methyl sites for hydroxylation is 1. The van der Waals surface area contributed by atoms with Crippen LogP contribution in [0.2, 0.25) is 0 Å². The maximum absolute atomic E-state index is 12.5. The van der Waals surface area contributed by atoms with Gasteiger partial charge in [0.15, 0.2) is 5.69 Å². The summed E-state index contributed by atoms with van der Waals surface area (Å²) in [6, 6.07) is 22.7. The van der Waals surface area contributed by atoms with Crippen molar-refractivity contribution in [1.29, 1.82) is 0 Å². The van der Waals surface area contributed by atoms with Crippen LogP contribution in [0.1, 0.15) is 21.6 Å². The number of hydrogen-bond acceptors (Lipinski definition) is 5. The largest absolute Gasteiger partial charge is 0.321 e. The summed E-state index contributed by atoms with van der Waals surface area (Å²) in [4.78, 5) is 12.6. The minimum atomic E-state index is -3.69. The molecule has 2 N–H and O–H groups in total. The maximum Gasteiger partial charge on any atom is 0.277 e. The molecular formula is C23H21N5O3S. The van der Waals surface area contributed by atoms with Gasteiger partial charge < -0.3 is 5.32 Å². The zero-order chi connectivity index (χ0) is 22.6. The highest BCUT2D eigenvalue weighted by Crippen LogP contribution is 2.19. The van der Waals surface area contributed by atoms with Gasteiger partial charge in [0.2, 0.25) is 0 Å². The number of aromatic nitrogens is 3. The second-order valence-corrected chi connectivity index (χ2v) is 8.92. The Morgan fingerprint density at radius 1 is 0.906 bits per heavy atom. The summed E-state index contributed by atoms with van der Waals surface area (Å²) in [5, 5.41) is 10.6. The van der Waals surface area contributed by atoms with Crippen LogP contribution in [-0.4, -0.2) is 29.3 Å². The highest BCUT2D eigenvalue weighted by Gasteiger charge is 2.15. The van der Waals surface area contributed by atoms with Crippen LogP contribution >= 0.6 is 0 Å². The van der Waals surface area contributed by atoms with E-state index >= 15 is 0 Å². The molecule has 0 spiro atoms. The van der Waals surface area contributed by atoms with Gasteiger partial charge in [0, 0.05) is 11.4 Å². The number of carbonyl (C=O) groups excluding carboxylic acids is 1. The first kappa shape index (κ1) is 21.3. The fraction of sp³-hybridized carbons (Fsp3) is 0.0870. The summed E-state index contributed by atoms with van der Waals surface area (Å²) in [5.41, 5.74) is 3.10. The summed E-state index contributed by atoms with van der Waals surface area (Å²) in [7, 11) is -3.69. The van der Waals surface area contributed by atoms with Crippen molar-refractivity contribution in [3.63, 3.8) is 0 Å². The van der Waals surface area contributed by atoms with E-state index in [2.05, 4.69) is 20.4 Å². The lowest BCUT2D eigenvalue weighted by Crippen LogP contribution is -2.14. The molecule has 0 bridgehead atoms. The topological polar surface area (TPSA) is 106 Å². The van der Waals surface area contributed by atoms with Crippen molar-refractivity contribution in [3.05, 3.63) is 102 Å². The van der Waals surface area contributed by atoms with Crippen molar-refractivity contribution in [2.45, 2.75) is 18.4 Å². The normalized spacial score (nSPS) is 11.2. The van der Waals surface area contributed by atoms with Crippen LogP contribution in [-0.2, 0) is 16.6 Å². The summed E-state index contributed by atoms with van der Waals surface area (Å²) < 4.78 is 29.1. The number of sulfonamides is 1. The number of nitrogens with zero attached hydrogens (tertiary/aromatic N) is 3. The molecule has 0 aliphatic heterocycles. The molecule has 0 unspecified atom stereocenters. The Hall–Kier alpha value is -3.98. The van der Waals surface area contributed by atoms with E-state index in [4.69, 9.17) is 0 Å². The molecule has 0 saturated heterocycles. The zero-order valence-corrected chi connectivity index (χ0v) is 18.1. The van der Waals surface area contributed by atoms with Crippen LogP contribution in [0.4, 0.5) is 11.4 Å². The van der Waals surface area contributed by atoms with E-state index in [9.17, 15) is 13.2 Å². The molecule has 0 fully saturated rings. The summed E-state index contributed by atoms with van der Waals surface area (Å²) >= 11 is 0. The summed E-state index contributed by atoms with van der Waals surface area (Å²) in [5.74, 6) is -0.405. The summed E-state index contributed by atoms with van der Waals surface area (Å²) in [6.45, 7) is 2.40. The second-order valence-electron chi connectivity index (χ2n) is 7.24. The molecule has 4 rings (SSSR count). The Morgan fingerprint density at radius 3 is 2.25 bits per heavy atom. The lowest BCUT2D eigenvalue weighted by Gasteiger charge is -2.09. The molecule has 1 aromatic heterocycles. The lowest BCUT2D eigenvalue weighted by atomic mass is 10.2. The first-order chi connectivity index (χ1) is 15.4. The highest BCUT2D eigenvalue weighted by atomic mass is 32.2. The van der Waals surface area contributed by atoms with Crippen LogP contribution in [0.3, 0.4) is 0 Å². The molecule has 32 heavy (non-hydrogen) atoms. The minimum absolute atomic E-state index is 0.180. The first-order valence-corrected chi connectivity index (χ1v) is 11.3. The van der Waals surface area contributed by atoms with E-state index in [0.717, 1.165) is 11.1 Å². The van der Waals surface area contributed by atoms with Gasteiger partial charge in [-0.3, -0.25) is 9.52 Å². The number of nitrogens with one attached hydrogen (secondary N) is 2. The fourth-order valence-corrected chi connectivity index (χ4v) is 4.06. The van der Waals surface area contributed by atoms with Gasteiger partial charge in [-0.25, -0.2) is 13.1 Å². The van der Waals surface area contributed by atoms with Gasteiger partial charge in [0.05, 0.1) is 17.6 Å². The van der Waals surface area contributed by atoms with E-state index in [1.807, 2.05) is 37.3 Å². The standard InChI is InChI=1S/C23H21N5O3S/c1-17-7-13-21(14-8-17)32(30,31)26-20-11-9-19(10-12-20)24-23(29)22-16-28(27-25-22)15-18-5-3-2-4-6-18/h2-14,16,26H,15H2,1H3,(H,24,29). The zero-order valence-electron chi connectivity index (χ0n) is 17.3. The molecular weight excluding hydrogens is 426 g/mol. The molecule has 0 radical (unpaired) electrons. The average molecular weight is 448 g/mol. The van der Waals surface area contributed by atoms with Crippen molar-refractivity contribution in [2.75, 3.05) is 10.0 Å². The maximum atomic E-state index is 12.5. The van der Waals surface area contributed by atoms with E-state index in [-0.39, 0.29) is 10.6 Å².